The van der Waals surface area contributed by atoms with Gasteiger partial charge in [0.25, 0.3) is 0 Å². The fourth-order valence-corrected chi connectivity index (χ4v) is 3.06. The summed E-state index contributed by atoms with van der Waals surface area (Å²) < 4.78 is 0. The van der Waals surface area contributed by atoms with Crippen LogP contribution in [0.15, 0.2) is 24.3 Å². The van der Waals surface area contributed by atoms with Gasteiger partial charge in [0.15, 0.2) is 0 Å². The standard InChI is InChI=1S/C18H28N2O/c1-3-11-20(12-4-2)18(21)10-14-19-13-9-16-7-5-6-8-17(16)15-19/h5-8H,3-4,9-15H2,1-2H3. The third-order valence-corrected chi connectivity index (χ3v) is 4.19. The first-order valence-electron chi connectivity index (χ1n) is 8.31. The Bertz CT molecular complexity index is 452. The van der Waals surface area contributed by atoms with Gasteiger partial charge in [-0.1, -0.05) is 38.1 Å². The lowest BCUT2D eigenvalue weighted by atomic mass is 10.00. The summed E-state index contributed by atoms with van der Waals surface area (Å²) in [4.78, 5) is 16.7. The van der Waals surface area contributed by atoms with E-state index in [4.69, 9.17) is 0 Å². The maximum Gasteiger partial charge on any atom is 0.223 e. The van der Waals surface area contributed by atoms with Gasteiger partial charge in [-0.25, -0.2) is 0 Å². The van der Waals surface area contributed by atoms with Crippen LogP contribution in [0, 0.1) is 0 Å². The highest BCUT2D eigenvalue weighted by molar-refractivity contribution is 5.76. The van der Waals surface area contributed by atoms with E-state index in [1.807, 2.05) is 4.90 Å². The molecule has 3 nitrogen and oxygen atoms in total. The van der Waals surface area contributed by atoms with Crippen LogP contribution >= 0.6 is 0 Å². The summed E-state index contributed by atoms with van der Waals surface area (Å²) in [6.45, 7) is 9.02. The molecular weight excluding hydrogens is 260 g/mol. The second-order valence-corrected chi connectivity index (χ2v) is 5.93. The van der Waals surface area contributed by atoms with Crippen molar-refractivity contribution in [1.29, 1.82) is 0 Å². The SMILES string of the molecule is CCCN(CCC)C(=O)CCN1CCc2ccccc2C1. The van der Waals surface area contributed by atoms with E-state index >= 15 is 0 Å². The molecule has 0 fully saturated rings. The van der Waals surface area contributed by atoms with Crippen molar-refractivity contribution < 1.29 is 4.79 Å². The van der Waals surface area contributed by atoms with Gasteiger partial charge < -0.3 is 4.90 Å². The minimum absolute atomic E-state index is 0.317. The van der Waals surface area contributed by atoms with Crippen LogP contribution in [-0.4, -0.2) is 41.9 Å². The lowest BCUT2D eigenvalue weighted by Crippen LogP contribution is -2.37. The third-order valence-electron chi connectivity index (χ3n) is 4.19. The molecule has 0 N–H and O–H groups in total. The maximum absolute atomic E-state index is 12.3. The summed E-state index contributed by atoms with van der Waals surface area (Å²) in [5.41, 5.74) is 2.90. The topological polar surface area (TPSA) is 23.6 Å². The van der Waals surface area contributed by atoms with Crippen molar-refractivity contribution in [2.75, 3.05) is 26.2 Å². The van der Waals surface area contributed by atoms with Crippen LogP contribution in [0.25, 0.3) is 0 Å². The van der Waals surface area contributed by atoms with E-state index < -0.39 is 0 Å². The molecule has 1 amide bonds. The molecule has 0 saturated heterocycles. The molecule has 0 saturated carbocycles. The Morgan fingerprint density at radius 2 is 1.81 bits per heavy atom. The molecule has 1 aromatic carbocycles. The average Bonchev–Trinajstić information content (AvgIpc) is 2.52. The molecule has 0 bridgehead atoms. The molecule has 0 aliphatic carbocycles. The third kappa shape index (κ3) is 4.57. The van der Waals surface area contributed by atoms with Crippen LogP contribution in [0.4, 0.5) is 0 Å². The minimum atomic E-state index is 0.317. The van der Waals surface area contributed by atoms with E-state index in [-0.39, 0.29) is 0 Å². The molecule has 0 radical (unpaired) electrons. The molecule has 1 aliphatic rings. The minimum Gasteiger partial charge on any atom is -0.343 e. The predicted molar refractivity (Wildman–Crippen MR) is 87.2 cm³/mol. The number of nitrogens with zero attached hydrogens (tertiary/aromatic N) is 2. The van der Waals surface area contributed by atoms with Gasteiger partial charge in [0.2, 0.25) is 5.91 Å². The Labute approximate surface area is 128 Å². The zero-order valence-electron chi connectivity index (χ0n) is 13.5. The number of fused-ring (bicyclic) bond motifs is 1. The number of rotatable bonds is 7. The van der Waals surface area contributed by atoms with Gasteiger partial charge in [-0.3, -0.25) is 9.69 Å². The van der Waals surface area contributed by atoms with Gasteiger partial charge in [0, 0.05) is 39.1 Å². The van der Waals surface area contributed by atoms with Gasteiger partial charge in [0.1, 0.15) is 0 Å². The van der Waals surface area contributed by atoms with E-state index in [0.29, 0.717) is 12.3 Å². The monoisotopic (exact) mass is 288 g/mol. The highest BCUT2D eigenvalue weighted by Crippen LogP contribution is 2.18. The van der Waals surface area contributed by atoms with E-state index in [9.17, 15) is 4.79 Å². The van der Waals surface area contributed by atoms with Crippen molar-refractivity contribution in [3.05, 3.63) is 35.4 Å². The van der Waals surface area contributed by atoms with E-state index in [1.54, 1.807) is 0 Å². The number of hydrogen-bond acceptors (Lipinski definition) is 2. The van der Waals surface area contributed by atoms with Crippen LogP contribution in [0.5, 0.6) is 0 Å². The number of amides is 1. The van der Waals surface area contributed by atoms with Crippen molar-refractivity contribution in [3.63, 3.8) is 0 Å². The van der Waals surface area contributed by atoms with Crippen LogP contribution < -0.4 is 0 Å². The quantitative estimate of drug-likeness (QED) is 0.770. The zero-order chi connectivity index (χ0) is 15.1. The Hall–Kier alpha value is -1.35. The van der Waals surface area contributed by atoms with Crippen LogP contribution in [0.1, 0.15) is 44.2 Å². The number of hydrogen-bond donors (Lipinski definition) is 0. The Balaban J connectivity index is 1.82. The molecule has 1 heterocycles. The van der Waals surface area contributed by atoms with Gasteiger partial charge in [0.05, 0.1) is 0 Å². The van der Waals surface area contributed by atoms with E-state index in [2.05, 4.69) is 43.0 Å². The second-order valence-electron chi connectivity index (χ2n) is 5.93. The van der Waals surface area contributed by atoms with Crippen molar-refractivity contribution >= 4 is 5.91 Å². The molecule has 0 atom stereocenters. The average molecular weight is 288 g/mol. The smallest absolute Gasteiger partial charge is 0.223 e. The van der Waals surface area contributed by atoms with Crippen LogP contribution in [0.3, 0.4) is 0 Å². The largest absolute Gasteiger partial charge is 0.343 e. The lowest BCUT2D eigenvalue weighted by molar-refractivity contribution is -0.131. The fraction of sp³-hybridized carbons (Fsp3) is 0.611. The Morgan fingerprint density at radius 1 is 1.14 bits per heavy atom. The van der Waals surface area contributed by atoms with Crippen molar-refractivity contribution in [1.82, 2.24) is 9.80 Å². The van der Waals surface area contributed by atoms with Crippen LogP contribution in [-0.2, 0) is 17.8 Å². The van der Waals surface area contributed by atoms with E-state index in [0.717, 1.165) is 52.0 Å². The maximum atomic E-state index is 12.3. The van der Waals surface area contributed by atoms with Crippen molar-refractivity contribution in [2.24, 2.45) is 0 Å². The summed E-state index contributed by atoms with van der Waals surface area (Å²) in [6.07, 6.45) is 3.85. The normalized spacial score (nSPS) is 14.8. The zero-order valence-corrected chi connectivity index (χ0v) is 13.5. The molecule has 116 valence electrons. The second kappa shape index (κ2) is 8.18. The summed E-state index contributed by atoms with van der Waals surface area (Å²) in [5.74, 6) is 0.317. The summed E-state index contributed by atoms with van der Waals surface area (Å²) in [5, 5.41) is 0. The van der Waals surface area contributed by atoms with Crippen molar-refractivity contribution in [2.45, 2.75) is 46.1 Å². The fourth-order valence-electron chi connectivity index (χ4n) is 3.06. The number of carbonyl (C=O) groups excluding carboxylic acids is 1. The molecule has 1 aromatic rings. The predicted octanol–water partition coefficient (Wildman–Crippen LogP) is 3.08. The first-order chi connectivity index (χ1) is 10.2. The Kier molecular flexibility index (Phi) is 6.24. The molecule has 0 spiro atoms. The highest BCUT2D eigenvalue weighted by Gasteiger charge is 2.18. The molecule has 1 aliphatic heterocycles. The highest BCUT2D eigenvalue weighted by atomic mass is 16.2. The Morgan fingerprint density at radius 3 is 2.48 bits per heavy atom. The number of benzene rings is 1. The summed E-state index contributed by atoms with van der Waals surface area (Å²) in [6, 6.07) is 8.66. The number of carbonyl (C=O) groups is 1. The van der Waals surface area contributed by atoms with Gasteiger partial charge in [-0.05, 0) is 30.4 Å². The first-order valence-corrected chi connectivity index (χ1v) is 8.31. The lowest BCUT2D eigenvalue weighted by Gasteiger charge is -2.29. The molecule has 2 rings (SSSR count). The molecule has 0 aromatic heterocycles. The van der Waals surface area contributed by atoms with Gasteiger partial charge in [-0.15, -0.1) is 0 Å². The molecule has 21 heavy (non-hydrogen) atoms. The van der Waals surface area contributed by atoms with Crippen molar-refractivity contribution in [3.8, 4) is 0 Å². The summed E-state index contributed by atoms with van der Waals surface area (Å²) in [7, 11) is 0. The summed E-state index contributed by atoms with van der Waals surface area (Å²) >= 11 is 0. The van der Waals surface area contributed by atoms with Gasteiger partial charge >= 0.3 is 0 Å². The molecule has 3 heteroatoms. The van der Waals surface area contributed by atoms with Gasteiger partial charge in [-0.2, -0.15) is 0 Å². The molecular formula is C18H28N2O. The molecule has 0 unspecified atom stereocenters. The van der Waals surface area contributed by atoms with E-state index in [1.165, 1.54) is 11.1 Å². The van der Waals surface area contributed by atoms with Crippen LogP contribution in [0.2, 0.25) is 0 Å². The first kappa shape index (κ1) is 16.0.